The predicted molar refractivity (Wildman–Crippen MR) is 109 cm³/mol. The molecule has 0 spiro atoms. The molecule has 4 rings (SSSR count). The molecule has 2 fully saturated rings. The summed E-state index contributed by atoms with van der Waals surface area (Å²) in [6.07, 6.45) is 5.82. The number of thiazole rings is 1. The van der Waals surface area contributed by atoms with Crippen molar-refractivity contribution in [3.05, 3.63) is 17.9 Å². The highest BCUT2D eigenvalue weighted by atomic mass is 32.1. The average molecular weight is 423 g/mol. The van der Waals surface area contributed by atoms with Gasteiger partial charge in [-0.15, -0.1) is 0 Å². The molecule has 29 heavy (non-hydrogen) atoms. The SMILES string of the molecule is CC(=O)N[C@@H](C)COC1CCC(Oc2ccc3nc(OC4CC4)sc3c2F)CC1. The zero-order valence-electron chi connectivity index (χ0n) is 16.8. The first-order valence-corrected chi connectivity index (χ1v) is 11.1. The first-order valence-electron chi connectivity index (χ1n) is 10.3. The van der Waals surface area contributed by atoms with Gasteiger partial charge in [0.2, 0.25) is 5.91 Å². The van der Waals surface area contributed by atoms with E-state index < -0.39 is 0 Å². The topological polar surface area (TPSA) is 69.7 Å². The lowest BCUT2D eigenvalue weighted by atomic mass is 9.95. The summed E-state index contributed by atoms with van der Waals surface area (Å²) in [7, 11) is 0. The van der Waals surface area contributed by atoms with Crippen LogP contribution in [-0.2, 0) is 9.53 Å². The van der Waals surface area contributed by atoms with E-state index in [4.69, 9.17) is 14.2 Å². The molecule has 2 aliphatic carbocycles. The van der Waals surface area contributed by atoms with E-state index in [2.05, 4.69) is 10.3 Å². The Morgan fingerprint density at radius 1 is 1.17 bits per heavy atom. The molecule has 8 heteroatoms. The molecule has 0 aliphatic heterocycles. The minimum absolute atomic E-state index is 0.00418. The summed E-state index contributed by atoms with van der Waals surface area (Å²) in [5.74, 6) is -0.125. The molecule has 1 amide bonds. The molecule has 0 unspecified atom stereocenters. The molecule has 1 aromatic heterocycles. The Hall–Kier alpha value is -1.93. The zero-order chi connectivity index (χ0) is 20.4. The van der Waals surface area contributed by atoms with Crippen LogP contribution in [0.2, 0.25) is 0 Å². The van der Waals surface area contributed by atoms with Crippen LogP contribution in [0.15, 0.2) is 12.1 Å². The first-order chi connectivity index (χ1) is 14.0. The smallest absolute Gasteiger partial charge is 0.274 e. The molecule has 1 aromatic carbocycles. The van der Waals surface area contributed by atoms with E-state index in [0.717, 1.165) is 38.5 Å². The Morgan fingerprint density at radius 3 is 2.52 bits per heavy atom. The Bertz CT molecular complexity index is 862. The van der Waals surface area contributed by atoms with Crippen molar-refractivity contribution in [1.82, 2.24) is 10.3 Å². The molecule has 2 saturated carbocycles. The summed E-state index contributed by atoms with van der Waals surface area (Å²) in [6, 6.07) is 3.45. The quantitative estimate of drug-likeness (QED) is 0.690. The Kier molecular flexibility index (Phi) is 6.20. The van der Waals surface area contributed by atoms with Crippen molar-refractivity contribution in [2.24, 2.45) is 0 Å². The second-order valence-electron chi connectivity index (χ2n) is 7.97. The van der Waals surface area contributed by atoms with Crippen LogP contribution in [0.25, 0.3) is 10.2 Å². The number of benzene rings is 1. The highest BCUT2D eigenvalue weighted by Crippen LogP contribution is 2.37. The van der Waals surface area contributed by atoms with Crippen LogP contribution in [0.1, 0.15) is 52.4 Å². The number of aromatic nitrogens is 1. The van der Waals surface area contributed by atoms with Crippen molar-refractivity contribution in [3.8, 4) is 10.9 Å². The molecule has 0 saturated heterocycles. The lowest BCUT2D eigenvalue weighted by Gasteiger charge is -2.30. The fraction of sp³-hybridized carbons (Fsp3) is 0.619. The number of rotatable bonds is 8. The molecule has 2 aromatic rings. The number of hydrogen-bond donors (Lipinski definition) is 1. The van der Waals surface area contributed by atoms with Gasteiger partial charge in [-0.1, -0.05) is 11.3 Å². The van der Waals surface area contributed by atoms with Crippen LogP contribution in [0, 0.1) is 5.82 Å². The van der Waals surface area contributed by atoms with Gasteiger partial charge in [0, 0.05) is 13.0 Å². The van der Waals surface area contributed by atoms with Crippen molar-refractivity contribution >= 4 is 27.5 Å². The van der Waals surface area contributed by atoms with Gasteiger partial charge in [-0.2, -0.15) is 0 Å². The Labute approximate surface area is 173 Å². The highest BCUT2D eigenvalue weighted by Gasteiger charge is 2.27. The van der Waals surface area contributed by atoms with Crippen LogP contribution < -0.4 is 14.8 Å². The molecule has 1 heterocycles. The number of carbonyl (C=O) groups is 1. The van der Waals surface area contributed by atoms with Gasteiger partial charge in [-0.3, -0.25) is 4.79 Å². The van der Waals surface area contributed by atoms with Gasteiger partial charge >= 0.3 is 0 Å². The minimum atomic E-state index is -0.354. The van der Waals surface area contributed by atoms with Crippen LogP contribution >= 0.6 is 11.3 Å². The van der Waals surface area contributed by atoms with E-state index in [9.17, 15) is 9.18 Å². The van der Waals surface area contributed by atoms with Gasteiger partial charge in [0.15, 0.2) is 11.6 Å². The van der Waals surface area contributed by atoms with Gasteiger partial charge in [-0.25, -0.2) is 9.37 Å². The molecule has 1 N–H and O–H groups in total. The second-order valence-corrected chi connectivity index (χ2v) is 8.94. The van der Waals surface area contributed by atoms with Crippen molar-refractivity contribution in [1.29, 1.82) is 0 Å². The summed E-state index contributed by atoms with van der Waals surface area (Å²) in [6.45, 7) is 3.93. The van der Waals surface area contributed by atoms with Gasteiger partial charge in [0.25, 0.3) is 5.19 Å². The summed E-state index contributed by atoms with van der Waals surface area (Å²) in [4.78, 5) is 15.4. The fourth-order valence-electron chi connectivity index (χ4n) is 3.56. The third-order valence-electron chi connectivity index (χ3n) is 5.18. The number of ether oxygens (including phenoxy) is 3. The number of nitrogens with one attached hydrogen (secondary N) is 1. The number of nitrogens with zero attached hydrogens (tertiary/aromatic N) is 1. The van der Waals surface area contributed by atoms with Crippen LogP contribution in [0.3, 0.4) is 0 Å². The third kappa shape index (κ3) is 5.36. The minimum Gasteiger partial charge on any atom is -0.487 e. The van der Waals surface area contributed by atoms with Crippen molar-refractivity contribution < 1.29 is 23.4 Å². The number of carbonyl (C=O) groups excluding carboxylic acids is 1. The van der Waals surface area contributed by atoms with Crippen LogP contribution in [0.5, 0.6) is 10.9 Å². The van der Waals surface area contributed by atoms with Crippen LogP contribution in [0.4, 0.5) is 4.39 Å². The maximum atomic E-state index is 14.9. The molecule has 1 atom stereocenters. The second kappa shape index (κ2) is 8.83. The Balaban J connectivity index is 1.29. The number of fused-ring (bicyclic) bond motifs is 1. The summed E-state index contributed by atoms with van der Waals surface area (Å²) >= 11 is 1.24. The Morgan fingerprint density at radius 2 is 1.83 bits per heavy atom. The third-order valence-corrected chi connectivity index (χ3v) is 6.13. The monoisotopic (exact) mass is 422 g/mol. The normalized spacial score (nSPS) is 23.0. The molecule has 0 radical (unpaired) electrons. The van der Waals surface area contributed by atoms with Crippen molar-refractivity contribution in [3.63, 3.8) is 0 Å². The predicted octanol–water partition coefficient (Wildman–Crippen LogP) is 4.21. The van der Waals surface area contributed by atoms with E-state index in [-0.39, 0.29) is 41.8 Å². The molecule has 2 aliphatic rings. The van der Waals surface area contributed by atoms with E-state index >= 15 is 0 Å². The maximum absolute atomic E-state index is 14.9. The lowest BCUT2D eigenvalue weighted by Crippen LogP contribution is -2.36. The first kappa shape index (κ1) is 20.3. The number of amides is 1. The molecule has 6 nitrogen and oxygen atoms in total. The molecule has 0 bridgehead atoms. The largest absolute Gasteiger partial charge is 0.487 e. The van der Waals surface area contributed by atoms with Crippen molar-refractivity contribution in [2.75, 3.05) is 6.61 Å². The number of halogens is 1. The van der Waals surface area contributed by atoms with E-state index in [1.54, 1.807) is 12.1 Å². The van der Waals surface area contributed by atoms with Gasteiger partial charge in [0.1, 0.15) is 6.10 Å². The zero-order valence-corrected chi connectivity index (χ0v) is 17.6. The summed E-state index contributed by atoms with van der Waals surface area (Å²) < 4.78 is 33.0. The molecular weight excluding hydrogens is 395 g/mol. The van der Waals surface area contributed by atoms with Gasteiger partial charge in [0.05, 0.1) is 29.0 Å². The van der Waals surface area contributed by atoms with E-state index in [1.807, 2.05) is 6.92 Å². The maximum Gasteiger partial charge on any atom is 0.274 e. The fourth-order valence-corrected chi connectivity index (χ4v) is 4.47. The highest BCUT2D eigenvalue weighted by molar-refractivity contribution is 7.20. The average Bonchev–Trinajstić information content (AvgIpc) is 3.39. The van der Waals surface area contributed by atoms with Crippen molar-refractivity contribution in [2.45, 2.75) is 76.7 Å². The molecule has 158 valence electrons. The van der Waals surface area contributed by atoms with Crippen LogP contribution in [-0.4, -0.2) is 41.9 Å². The van der Waals surface area contributed by atoms with E-state index in [0.29, 0.717) is 22.0 Å². The number of hydrogen-bond acceptors (Lipinski definition) is 6. The van der Waals surface area contributed by atoms with Gasteiger partial charge in [-0.05, 0) is 57.6 Å². The standard InChI is InChI=1S/C21H27FN2O4S/c1-12(23-13(2)25)11-26-14-3-5-15(6-4-14)27-18-10-9-17-20(19(18)22)29-21(24-17)28-16-7-8-16/h9-10,12,14-16H,3-8,11H2,1-2H3,(H,23,25)/t12-,14?,15?/m0/s1. The summed E-state index contributed by atoms with van der Waals surface area (Å²) in [5, 5.41) is 3.35. The lowest BCUT2D eigenvalue weighted by molar-refractivity contribution is -0.120. The van der Waals surface area contributed by atoms with Gasteiger partial charge < -0.3 is 19.5 Å². The summed E-state index contributed by atoms with van der Waals surface area (Å²) in [5.41, 5.74) is 0.612. The van der Waals surface area contributed by atoms with E-state index in [1.165, 1.54) is 18.3 Å². The molecular formula is C21H27FN2O4S.